The van der Waals surface area contributed by atoms with Crippen molar-refractivity contribution in [1.29, 1.82) is 0 Å². The summed E-state index contributed by atoms with van der Waals surface area (Å²) < 4.78 is 25.3. The van der Waals surface area contributed by atoms with E-state index in [0.29, 0.717) is 10.0 Å². The molecule has 1 aromatic rings. The van der Waals surface area contributed by atoms with Gasteiger partial charge in [-0.3, -0.25) is 9.00 Å². The third-order valence-electron chi connectivity index (χ3n) is 2.36. The zero-order chi connectivity index (χ0) is 15.3. The van der Waals surface area contributed by atoms with Gasteiger partial charge in [-0.05, 0) is 17.7 Å². The maximum absolute atomic E-state index is 12.9. The Morgan fingerprint density at radius 2 is 2.15 bits per heavy atom. The monoisotopic (exact) mass is 365 g/mol. The second kappa shape index (κ2) is 7.49. The highest BCUT2D eigenvalue weighted by molar-refractivity contribution is 9.10. The van der Waals surface area contributed by atoms with Gasteiger partial charge in [0.15, 0.2) is 0 Å². The van der Waals surface area contributed by atoms with Gasteiger partial charge in [0.1, 0.15) is 11.9 Å². The summed E-state index contributed by atoms with van der Waals surface area (Å²) in [6.07, 6.45) is 0. The van der Waals surface area contributed by atoms with Crippen LogP contribution in [0.25, 0.3) is 0 Å². The van der Waals surface area contributed by atoms with Crippen LogP contribution < -0.4 is 5.32 Å². The first-order valence-electron chi connectivity index (χ1n) is 5.58. The number of carbonyl (C=O) groups excluding carboxylic acids is 1. The third-order valence-corrected chi connectivity index (χ3v) is 4.44. The molecule has 0 fully saturated rings. The lowest BCUT2D eigenvalue weighted by Crippen LogP contribution is -2.43. The number of hydrogen-bond acceptors (Lipinski definition) is 3. The predicted octanol–water partition coefficient (Wildman–Crippen LogP) is 1.43. The smallest absolute Gasteiger partial charge is 0.327 e. The summed E-state index contributed by atoms with van der Waals surface area (Å²) in [6, 6.07) is 2.76. The van der Waals surface area contributed by atoms with Gasteiger partial charge in [-0.2, -0.15) is 0 Å². The van der Waals surface area contributed by atoms with Crippen molar-refractivity contribution in [1.82, 2.24) is 5.32 Å². The largest absolute Gasteiger partial charge is 0.480 e. The van der Waals surface area contributed by atoms with E-state index < -0.39 is 34.5 Å². The van der Waals surface area contributed by atoms with E-state index in [2.05, 4.69) is 21.2 Å². The van der Waals surface area contributed by atoms with Crippen molar-refractivity contribution in [3.05, 3.63) is 34.1 Å². The van der Waals surface area contributed by atoms with Gasteiger partial charge in [-0.15, -0.1) is 0 Å². The molecule has 0 aliphatic carbocycles. The predicted molar refractivity (Wildman–Crippen MR) is 76.1 cm³/mol. The summed E-state index contributed by atoms with van der Waals surface area (Å²) in [4.78, 5) is 21.8. The lowest BCUT2D eigenvalue weighted by Gasteiger charge is -2.13. The van der Waals surface area contributed by atoms with E-state index in [-0.39, 0.29) is 11.5 Å². The first-order chi connectivity index (χ1) is 9.29. The molecule has 0 aliphatic heterocycles. The van der Waals surface area contributed by atoms with Crippen LogP contribution in [0.5, 0.6) is 0 Å². The van der Waals surface area contributed by atoms with Crippen LogP contribution in [-0.4, -0.2) is 33.0 Å². The summed E-state index contributed by atoms with van der Waals surface area (Å²) in [7, 11) is -1.50. The Morgan fingerprint density at radius 1 is 1.50 bits per heavy atom. The Morgan fingerprint density at radius 3 is 2.65 bits per heavy atom. The summed E-state index contributed by atoms with van der Waals surface area (Å²) in [5.74, 6) is -2.31. The van der Waals surface area contributed by atoms with Crippen LogP contribution >= 0.6 is 15.9 Å². The molecule has 8 heteroatoms. The van der Waals surface area contributed by atoms with E-state index in [1.807, 2.05) is 0 Å². The van der Waals surface area contributed by atoms with Gasteiger partial charge < -0.3 is 10.4 Å². The van der Waals surface area contributed by atoms with Crippen LogP contribution in [0.1, 0.15) is 12.5 Å². The molecule has 1 aromatic carbocycles. The van der Waals surface area contributed by atoms with Crippen molar-refractivity contribution >= 4 is 38.6 Å². The van der Waals surface area contributed by atoms with Crippen LogP contribution in [0.4, 0.5) is 4.39 Å². The first-order valence-corrected chi connectivity index (χ1v) is 7.86. The molecule has 0 saturated carbocycles. The lowest BCUT2D eigenvalue weighted by atomic mass is 10.2. The summed E-state index contributed by atoms with van der Waals surface area (Å²) in [5, 5.41) is 11.1. The summed E-state index contributed by atoms with van der Waals surface area (Å²) in [5.41, 5.74) is 0.608. The highest BCUT2D eigenvalue weighted by Gasteiger charge is 2.21. The average Bonchev–Trinajstić information content (AvgIpc) is 2.31. The average molecular weight is 366 g/mol. The van der Waals surface area contributed by atoms with E-state index in [9.17, 15) is 18.2 Å². The number of carboxylic acid groups (broad SMARTS) is 1. The van der Waals surface area contributed by atoms with Crippen molar-refractivity contribution in [3.63, 3.8) is 0 Å². The highest BCUT2D eigenvalue weighted by Crippen LogP contribution is 2.19. The molecule has 5 nitrogen and oxygen atoms in total. The number of nitrogens with one attached hydrogen (secondary N) is 1. The molecule has 0 saturated heterocycles. The maximum atomic E-state index is 12.9. The number of rotatable bonds is 6. The van der Waals surface area contributed by atoms with Gasteiger partial charge in [0, 0.05) is 27.9 Å². The molecule has 0 aliphatic rings. The van der Waals surface area contributed by atoms with Gasteiger partial charge in [0.05, 0.1) is 5.75 Å². The van der Waals surface area contributed by atoms with Gasteiger partial charge in [0.2, 0.25) is 5.91 Å². The molecule has 20 heavy (non-hydrogen) atoms. The summed E-state index contributed by atoms with van der Waals surface area (Å²) in [6.45, 7) is 1.19. The molecule has 2 atom stereocenters. The van der Waals surface area contributed by atoms with Crippen molar-refractivity contribution < 1.29 is 23.3 Å². The molecule has 0 spiro atoms. The zero-order valence-electron chi connectivity index (χ0n) is 10.6. The van der Waals surface area contributed by atoms with E-state index in [1.54, 1.807) is 0 Å². The molecule has 2 unspecified atom stereocenters. The van der Waals surface area contributed by atoms with Crippen molar-refractivity contribution in [3.8, 4) is 0 Å². The van der Waals surface area contributed by atoms with Crippen LogP contribution in [-0.2, 0) is 26.1 Å². The van der Waals surface area contributed by atoms with E-state index in [0.717, 1.165) is 0 Å². The number of amides is 1. The number of aliphatic carboxylic acids is 1. The number of benzene rings is 1. The molecular weight excluding hydrogens is 353 g/mol. The Kier molecular flexibility index (Phi) is 6.28. The molecule has 2 N–H and O–H groups in total. The summed E-state index contributed by atoms with van der Waals surface area (Å²) >= 11 is 3.15. The van der Waals surface area contributed by atoms with Gasteiger partial charge in [-0.1, -0.05) is 22.0 Å². The highest BCUT2D eigenvalue weighted by atomic mass is 79.9. The zero-order valence-corrected chi connectivity index (χ0v) is 13.0. The van der Waals surface area contributed by atoms with Crippen LogP contribution in [0, 0.1) is 5.82 Å². The maximum Gasteiger partial charge on any atom is 0.327 e. The number of halogens is 2. The normalized spacial score (nSPS) is 13.6. The number of hydrogen-bond donors (Lipinski definition) is 2. The second-order valence-corrected chi connectivity index (χ2v) is 6.43. The fourth-order valence-corrected chi connectivity index (χ4v) is 3.47. The molecule has 1 amide bonds. The van der Waals surface area contributed by atoms with E-state index in [4.69, 9.17) is 5.11 Å². The van der Waals surface area contributed by atoms with E-state index >= 15 is 0 Å². The van der Waals surface area contributed by atoms with Crippen molar-refractivity contribution in [2.24, 2.45) is 0 Å². The minimum absolute atomic E-state index is 0.0736. The fraction of sp³-hybridized carbons (Fsp3) is 0.333. The van der Waals surface area contributed by atoms with Crippen molar-refractivity contribution in [2.75, 3.05) is 5.75 Å². The molecule has 0 aromatic heterocycles. The molecule has 0 radical (unpaired) electrons. The number of carboxylic acids is 1. The van der Waals surface area contributed by atoms with Crippen LogP contribution in [0.15, 0.2) is 22.7 Å². The van der Waals surface area contributed by atoms with Gasteiger partial charge >= 0.3 is 5.97 Å². The molecule has 0 bridgehead atoms. The van der Waals surface area contributed by atoms with Crippen LogP contribution in [0.2, 0.25) is 0 Å². The second-order valence-electron chi connectivity index (χ2n) is 4.08. The first kappa shape index (κ1) is 16.8. The SMILES string of the molecule is CC(=O)NC(CS(=O)Cc1ccc(F)cc1Br)C(=O)O. The standard InChI is InChI=1S/C12H13BrFNO4S/c1-7(16)15-11(12(17)18)6-20(19)5-8-2-3-9(14)4-10(8)13/h2-4,11H,5-6H2,1H3,(H,15,16)(H,17,18). The fourth-order valence-electron chi connectivity index (χ4n) is 1.48. The van der Waals surface area contributed by atoms with E-state index in [1.165, 1.54) is 25.1 Å². The Balaban J connectivity index is 2.70. The lowest BCUT2D eigenvalue weighted by molar-refractivity contribution is -0.140. The Bertz CT molecular complexity index is 552. The van der Waals surface area contributed by atoms with Gasteiger partial charge in [0.25, 0.3) is 0 Å². The molecule has 0 heterocycles. The van der Waals surface area contributed by atoms with Crippen LogP contribution in [0.3, 0.4) is 0 Å². The Hall–Kier alpha value is -1.28. The number of carbonyl (C=O) groups is 2. The molecular formula is C12H13BrFNO4S. The van der Waals surface area contributed by atoms with Gasteiger partial charge in [-0.25, -0.2) is 9.18 Å². The minimum atomic E-state index is -1.50. The topological polar surface area (TPSA) is 83.5 Å². The quantitative estimate of drug-likeness (QED) is 0.798. The Labute approximate surface area is 126 Å². The minimum Gasteiger partial charge on any atom is -0.480 e. The van der Waals surface area contributed by atoms with Crippen molar-refractivity contribution in [2.45, 2.75) is 18.7 Å². The molecule has 1 rings (SSSR count). The third kappa shape index (κ3) is 5.38. The molecule has 110 valence electrons.